The lowest BCUT2D eigenvalue weighted by atomic mass is 9.93. The smallest absolute Gasteiger partial charge is 0.130 e. The van der Waals surface area contributed by atoms with Crippen LogP contribution in [0.1, 0.15) is 18.2 Å². The Morgan fingerprint density at radius 2 is 1.71 bits per heavy atom. The summed E-state index contributed by atoms with van der Waals surface area (Å²) in [6, 6.07) is 17.2. The van der Waals surface area contributed by atoms with Crippen LogP contribution in [0.25, 0.3) is 5.69 Å². The Hall–Kier alpha value is -1.98. The molecule has 2 aromatic carbocycles. The fourth-order valence-electron chi connectivity index (χ4n) is 2.25. The highest BCUT2D eigenvalue weighted by atomic mass is 79.9. The largest absolute Gasteiger partial charge is 0.379 e. The van der Waals surface area contributed by atoms with Crippen LogP contribution in [0.5, 0.6) is 0 Å². The molecule has 0 aliphatic rings. The molecule has 1 atom stereocenters. The second-order valence-corrected chi connectivity index (χ2v) is 5.86. The monoisotopic (exact) mass is 343 g/mol. The van der Waals surface area contributed by atoms with Crippen molar-refractivity contribution in [2.75, 3.05) is 0 Å². The molecule has 1 N–H and O–H groups in total. The molecule has 1 heterocycles. The number of para-hydroxylation sites is 1. The van der Waals surface area contributed by atoms with Gasteiger partial charge < -0.3 is 5.11 Å². The number of halogens is 1. The van der Waals surface area contributed by atoms with Gasteiger partial charge in [0.1, 0.15) is 11.3 Å². The summed E-state index contributed by atoms with van der Waals surface area (Å²) in [5, 5.41) is 19.0. The standard InChI is InChI=1S/C16H14BrN3O/c1-16(21,12-7-9-13(17)10-8-12)15-11-18-19-20(15)14-5-3-2-4-6-14/h2-11,21H,1H3. The predicted molar refractivity (Wildman–Crippen MR) is 84.2 cm³/mol. The Bertz CT molecular complexity index is 736. The van der Waals surface area contributed by atoms with Crippen LogP contribution < -0.4 is 0 Å². The molecule has 0 amide bonds. The van der Waals surface area contributed by atoms with E-state index in [4.69, 9.17) is 0 Å². The van der Waals surface area contributed by atoms with Gasteiger partial charge in [0.15, 0.2) is 0 Å². The highest BCUT2D eigenvalue weighted by molar-refractivity contribution is 9.10. The summed E-state index contributed by atoms with van der Waals surface area (Å²) in [4.78, 5) is 0. The van der Waals surface area contributed by atoms with E-state index in [0.29, 0.717) is 5.69 Å². The second kappa shape index (κ2) is 5.42. The van der Waals surface area contributed by atoms with Gasteiger partial charge in [-0.05, 0) is 36.8 Å². The first-order valence-corrected chi connectivity index (χ1v) is 7.33. The van der Waals surface area contributed by atoms with Crippen molar-refractivity contribution in [3.8, 4) is 5.69 Å². The highest BCUT2D eigenvalue weighted by Gasteiger charge is 2.30. The molecule has 0 spiro atoms. The molecule has 0 saturated heterocycles. The molecule has 106 valence electrons. The fourth-order valence-corrected chi connectivity index (χ4v) is 2.51. The molecular weight excluding hydrogens is 330 g/mol. The van der Waals surface area contributed by atoms with E-state index in [-0.39, 0.29) is 0 Å². The number of rotatable bonds is 3. The van der Waals surface area contributed by atoms with Crippen LogP contribution in [0, 0.1) is 0 Å². The van der Waals surface area contributed by atoms with E-state index in [0.717, 1.165) is 15.7 Å². The molecule has 0 aliphatic carbocycles. The third kappa shape index (κ3) is 2.62. The normalized spacial score (nSPS) is 13.9. The van der Waals surface area contributed by atoms with E-state index < -0.39 is 5.60 Å². The molecule has 5 heteroatoms. The minimum atomic E-state index is -1.18. The second-order valence-electron chi connectivity index (χ2n) is 4.95. The molecule has 1 aromatic heterocycles. The van der Waals surface area contributed by atoms with Crippen LogP contribution in [-0.2, 0) is 5.60 Å². The van der Waals surface area contributed by atoms with Crippen molar-refractivity contribution in [1.82, 2.24) is 15.0 Å². The van der Waals surface area contributed by atoms with Gasteiger partial charge in [0.25, 0.3) is 0 Å². The number of aromatic nitrogens is 3. The zero-order valence-corrected chi connectivity index (χ0v) is 13.0. The quantitative estimate of drug-likeness (QED) is 0.793. The lowest BCUT2D eigenvalue weighted by Crippen LogP contribution is -2.26. The summed E-state index contributed by atoms with van der Waals surface area (Å²) in [5.41, 5.74) is 1.09. The van der Waals surface area contributed by atoms with Crippen LogP contribution in [0.4, 0.5) is 0 Å². The minimum Gasteiger partial charge on any atom is -0.379 e. The third-order valence-electron chi connectivity index (χ3n) is 3.46. The molecule has 4 nitrogen and oxygen atoms in total. The first-order chi connectivity index (χ1) is 10.1. The Balaban J connectivity index is 2.08. The van der Waals surface area contributed by atoms with E-state index in [1.54, 1.807) is 17.8 Å². The van der Waals surface area contributed by atoms with Gasteiger partial charge in [-0.2, -0.15) is 0 Å². The van der Waals surface area contributed by atoms with Crippen molar-refractivity contribution in [3.63, 3.8) is 0 Å². The molecular formula is C16H14BrN3O. The molecule has 0 radical (unpaired) electrons. The maximum Gasteiger partial charge on any atom is 0.130 e. The fraction of sp³-hybridized carbons (Fsp3) is 0.125. The van der Waals surface area contributed by atoms with E-state index in [2.05, 4.69) is 26.2 Å². The number of hydrogen-bond donors (Lipinski definition) is 1. The van der Waals surface area contributed by atoms with E-state index in [1.807, 2.05) is 54.6 Å². The number of aliphatic hydroxyl groups is 1. The summed E-state index contributed by atoms with van der Waals surface area (Å²) >= 11 is 3.40. The summed E-state index contributed by atoms with van der Waals surface area (Å²) in [5.74, 6) is 0. The summed E-state index contributed by atoms with van der Waals surface area (Å²) in [7, 11) is 0. The summed E-state index contributed by atoms with van der Waals surface area (Å²) in [6.45, 7) is 1.74. The van der Waals surface area contributed by atoms with Crippen molar-refractivity contribution in [1.29, 1.82) is 0 Å². The van der Waals surface area contributed by atoms with E-state index >= 15 is 0 Å². The molecule has 0 aliphatic heterocycles. The molecule has 0 saturated carbocycles. The number of benzene rings is 2. The SMILES string of the molecule is CC(O)(c1ccc(Br)cc1)c1cnnn1-c1ccccc1. The van der Waals surface area contributed by atoms with Crippen LogP contribution in [0.3, 0.4) is 0 Å². The lowest BCUT2D eigenvalue weighted by molar-refractivity contribution is 0.0945. The molecule has 0 fully saturated rings. The van der Waals surface area contributed by atoms with E-state index in [9.17, 15) is 5.11 Å². The van der Waals surface area contributed by atoms with Gasteiger partial charge in [-0.25, -0.2) is 4.68 Å². The zero-order valence-electron chi connectivity index (χ0n) is 11.4. The van der Waals surface area contributed by atoms with Gasteiger partial charge in [0.2, 0.25) is 0 Å². The maximum atomic E-state index is 11.0. The number of hydrogen-bond acceptors (Lipinski definition) is 3. The Labute approximate surface area is 131 Å². The Morgan fingerprint density at radius 1 is 1.05 bits per heavy atom. The first kappa shape index (κ1) is 14.0. The van der Waals surface area contributed by atoms with Gasteiger partial charge in [-0.1, -0.05) is 51.5 Å². The molecule has 3 rings (SSSR count). The van der Waals surface area contributed by atoms with Gasteiger partial charge in [-0.3, -0.25) is 0 Å². The van der Waals surface area contributed by atoms with Crippen molar-refractivity contribution in [3.05, 3.63) is 76.5 Å². The first-order valence-electron chi connectivity index (χ1n) is 6.54. The van der Waals surface area contributed by atoms with Crippen molar-refractivity contribution in [2.24, 2.45) is 0 Å². The van der Waals surface area contributed by atoms with Gasteiger partial charge in [0.05, 0.1) is 11.9 Å². The Kier molecular flexibility index (Phi) is 3.61. The van der Waals surface area contributed by atoms with E-state index in [1.165, 1.54) is 0 Å². The molecule has 1 unspecified atom stereocenters. The maximum absolute atomic E-state index is 11.0. The topological polar surface area (TPSA) is 50.9 Å². The minimum absolute atomic E-state index is 0.621. The van der Waals surface area contributed by atoms with Crippen LogP contribution in [-0.4, -0.2) is 20.1 Å². The van der Waals surface area contributed by atoms with Crippen LogP contribution >= 0.6 is 15.9 Å². The Morgan fingerprint density at radius 3 is 2.38 bits per heavy atom. The van der Waals surface area contributed by atoms with Crippen LogP contribution in [0.15, 0.2) is 65.3 Å². The van der Waals surface area contributed by atoms with Gasteiger partial charge >= 0.3 is 0 Å². The third-order valence-corrected chi connectivity index (χ3v) is 3.98. The average Bonchev–Trinajstić information content (AvgIpc) is 2.99. The molecule has 3 aromatic rings. The van der Waals surface area contributed by atoms with Crippen molar-refractivity contribution in [2.45, 2.75) is 12.5 Å². The average molecular weight is 344 g/mol. The zero-order chi connectivity index (χ0) is 14.9. The van der Waals surface area contributed by atoms with Crippen LogP contribution in [0.2, 0.25) is 0 Å². The number of nitrogens with zero attached hydrogens (tertiary/aromatic N) is 3. The van der Waals surface area contributed by atoms with Gasteiger partial charge in [0, 0.05) is 4.47 Å². The highest BCUT2D eigenvalue weighted by Crippen LogP contribution is 2.30. The van der Waals surface area contributed by atoms with Crippen molar-refractivity contribution >= 4 is 15.9 Å². The lowest BCUT2D eigenvalue weighted by Gasteiger charge is -2.24. The predicted octanol–water partition coefficient (Wildman–Crippen LogP) is 3.29. The van der Waals surface area contributed by atoms with Crippen molar-refractivity contribution < 1.29 is 5.11 Å². The molecule has 0 bridgehead atoms. The molecule has 21 heavy (non-hydrogen) atoms. The summed E-state index contributed by atoms with van der Waals surface area (Å²) < 4.78 is 2.62. The van der Waals surface area contributed by atoms with Gasteiger partial charge in [-0.15, -0.1) is 5.10 Å². The summed E-state index contributed by atoms with van der Waals surface area (Å²) in [6.07, 6.45) is 1.59.